The third kappa shape index (κ3) is 5.18. The second-order valence-electron chi connectivity index (χ2n) is 6.12. The Kier molecular flexibility index (Phi) is 7.56. The number of rotatable bonds is 8. The largest absolute Gasteiger partial charge is 0.496 e. The van der Waals surface area contributed by atoms with E-state index in [0.717, 1.165) is 38.1 Å². The molecule has 0 radical (unpaired) electrons. The summed E-state index contributed by atoms with van der Waals surface area (Å²) in [5.74, 6) is 1.47. The van der Waals surface area contributed by atoms with E-state index in [1.54, 1.807) is 18.9 Å². The first-order valence-electron chi connectivity index (χ1n) is 8.34. The van der Waals surface area contributed by atoms with Gasteiger partial charge in [-0.05, 0) is 62.1 Å². The molecule has 0 amide bonds. The zero-order valence-electron chi connectivity index (χ0n) is 13.8. The van der Waals surface area contributed by atoms with Gasteiger partial charge in [0.1, 0.15) is 5.75 Å². The van der Waals surface area contributed by atoms with Crippen LogP contribution in [0.25, 0.3) is 0 Å². The molecule has 124 valence electrons. The molecule has 1 aromatic rings. The van der Waals surface area contributed by atoms with E-state index >= 15 is 0 Å². The standard InChI is InChI=1S/C18H29NO2S/c1-21-17-10-9-14(12-18(17)22-2)13-19-11-5-7-15-6-3-4-8-16(15)20/h9-10,12,15-16,19-20H,3-8,11,13H2,1-2H3. The smallest absolute Gasteiger partial charge is 0.132 e. The molecule has 1 aromatic carbocycles. The molecule has 3 nitrogen and oxygen atoms in total. The van der Waals surface area contributed by atoms with Crippen LogP contribution < -0.4 is 10.1 Å². The number of hydrogen-bond donors (Lipinski definition) is 2. The fourth-order valence-corrected chi connectivity index (χ4v) is 3.86. The quantitative estimate of drug-likeness (QED) is 0.563. The van der Waals surface area contributed by atoms with Gasteiger partial charge < -0.3 is 15.2 Å². The molecule has 2 unspecified atom stereocenters. The summed E-state index contributed by atoms with van der Waals surface area (Å²) in [6.45, 7) is 1.91. The van der Waals surface area contributed by atoms with E-state index in [9.17, 15) is 5.11 Å². The number of aliphatic hydroxyl groups is 1. The van der Waals surface area contributed by atoms with Crippen molar-refractivity contribution in [1.82, 2.24) is 5.32 Å². The lowest BCUT2D eigenvalue weighted by molar-refractivity contribution is 0.0643. The van der Waals surface area contributed by atoms with E-state index in [1.165, 1.54) is 29.7 Å². The van der Waals surface area contributed by atoms with E-state index < -0.39 is 0 Å². The average molecular weight is 324 g/mol. The molecule has 2 N–H and O–H groups in total. The highest BCUT2D eigenvalue weighted by atomic mass is 32.2. The van der Waals surface area contributed by atoms with Gasteiger partial charge in [-0.1, -0.05) is 18.9 Å². The van der Waals surface area contributed by atoms with Crippen LogP contribution >= 0.6 is 11.8 Å². The van der Waals surface area contributed by atoms with Gasteiger partial charge in [0, 0.05) is 11.4 Å². The lowest BCUT2D eigenvalue weighted by Crippen LogP contribution is -2.25. The van der Waals surface area contributed by atoms with Crippen LogP contribution in [0.2, 0.25) is 0 Å². The summed E-state index contributed by atoms with van der Waals surface area (Å²) in [6.07, 6.45) is 9.01. The van der Waals surface area contributed by atoms with Crippen LogP contribution in [0.1, 0.15) is 44.1 Å². The summed E-state index contributed by atoms with van der Waals surface area (Å²) in [7, 11) is 1.71. The maximum Gasteiger partial charge on any atom is 0.132 e. The summed E-state index contributed by atoms with van der Waals surface area (Å²) in [4.78, 5) is 1.19. The summed E-state index contributed by atoms with van der Waals surface area (Å²) in [5.41, 5.74) is 1.29. The maximum atomic E-state index is 9.98. The van der Waals surface area contributed by atoms with Gasteiger partial charge in [0.15, 0.2) is 0 Å². The molecule has 2 atom stereocenters. The van der Waals surface area contributed by atoms with Crippen molar-refractivity contribution in [2.75, 3.05) is 19.9 Å². The van der Waals surface area contributed by atoms with Crippen molar-refractivity contribution >= 4 is 11.8 Å². The van der Waals surface area contributed by atoms with Gasteiger partial charge in [0.2, 0.25) is 0 Å². The molecular formula is C18H29NO2S. The van der Waals surface area contributed by atoms with E-state index in [0.29, 0.717) is 5.92 Å². The van der Waals surface area contributed by atoms with Crippen LogP contribution in [0.5, 0.6) is 5.75 Å². The van der Waals surface area contributed by atoms with Crippen molar-refractivity contribution in [2.24, 2.45) is 5.92 Å². The van der Waals surface area contributed by atoms with Crippen LogP contribution in [0, 0.1) is 5.92 Å². The monoisotopic (exact) mass is 323 g/mol. The summed E-state index contributed by atoms with van der Waals surface area (Å²) in [6, 6.07) is 6.36. The number of aliphatic hydroxyl groups excluding tert-OH is 1. The Morgan fingerprint density at radius 2 is 2.14 bits per heavy atom. The zero-order chi connectivity index (χ0) is 15.8. The molecule has 0 bridgehead atoms. The molecule has 1 aliphatic carbocycles. The number of nitrogens with one attached hydrogen (secondary N) is 1. The Morgan fingerprint density at radius 3 is 2.86 bits per heavy atom. The predicted molar refractivity (Wildman–Crippen MR) is 93.7 cm³/mol. The SMILES string of the molecule is COc1ccc(CNCCCC2CCCCC2O)cc1SC. The lowest BCUT2D eigenvalue weighted by atomic mass is 9.83. The summed E-state index contributed by atoms with van der Waals surface area (Å²) >= 11 is 1.72. The Bertz CT molecular complexity index is 453. The minimum atomic E-state index is -0.0560. The van der Waals surface area contributed by atoms with E-state index in [4.69, 9.17) is 4.74 Å². The number of thioether (sulfide) groups is 1. The molecule has 1 saturated carbocycles. The Labute approximate surface area is 138 Å². The van der Waals surface area contributed by atoms with Crippen molar-refractivity contribution < 1.29 is 9.84 Å². The van der Waals surface area contributed by atoms with Crippen molar-refractivity contribution in [3.63, 3.8) is 0 Å². The van der Waals surface area contributed by atoms with Crippen LogP contribution in [0.4, 0.5) is 0 Å². The number of methoxy groups -OCH3 is 1. The molecular weight excluding hydrogens is 294 g/mol. The first-order valence-corrected chi connectivity index (χ1v) is 9.56. The van der Waals surface area contributed by atoms with Crippen LogP contribution in [0.15, 0.2) is 23.1 Å². The normalized spacial score (nSPS) is 21.8. The fraction of sp³-hybridized carbons (Fsp3) is 0.667. The van der Waals surface area contributed by atoms with Crippen molar-refractivity contribution in [3.05, 3.63) is 23.8 Å². The minimum absolute atomic E-state index is 0.0560. The Balaban J connectivity index is 1.68. The van der Waals surface area contributed by atoms with Crippen LogP contribution in [-0.2, 0) is 6.54 Å². The molecule has 0 aromatic heterocycles. The minimum Gasteiger partial charge on any atom is -0.496 e. The van der Waals surface area contributed by atoms with Gasteiger partial charge in [0.05, 0.1) is 13.2 Å². The number of benzene rings is 1. The first-order chi connectivity index (χ1) is 10.7. The second kappa shape index (κ2) is 9.43. The highest BCUT2D eigenvalue weighted by Crippen LogP contribution is 2.29. The van der Waals surface area contributed by atoms with Crippen molar-refractivity contribution in [1.29, 1.82) is 0 Å². The molecule has 0 heterocycles. The highest BCUT2D eigenvalue weighted by molar-refractivity contribution is 7.98. The van der Waals surface area contributed by atoms with Crippen molar-refractivity contribution in [3.8, 4) is 5.75 Å². The molecule has 0 aliphatic heterocycles. The van der Waals surface area contributed by atoms with Gasteiger partial charge >= 0.3 is 0 Å². The Morgan fingerprint density at radius 1 is 1.32 bits per heavy atom. The fourth-order valence-electron chi connectivity index (χ4n) is 3.24. The van der Waals surface area contributed by atoms with Crippen molar-refractivity contribution in [2.45, 2.75) is 56.1 Å². The van der Waals surface area contributed by atoms with Gasteiger partial charge in [-0.2, -0.15) is 0 Å². The zero-order valence-corrected chi connectivity index (χ0v) is 14.6. The maximum absolute atomic E-state index is 9.98. The van der Waals surface area contributed by atoms with Gasteiger partial charge in [-0.25, -0.2) is 0 Å². The molecule has 2 rings (SSSR count). The molecule has 1 fully saturated rings. The number of hydrogen-bond acceptors (Lipinski definition) is 4. The lowest BCUT2D eigenvalue weighted by Gasteiger charge is -2.27. The Hall–Kier alpha value is -0.710. The van der Waals surface area contributed by atoms with Gasteiger partial charge in [-0.3, -0.25) is 0 Å². The third-order valence-corrected chi connectivity index (χ3v) is 5.33. The summed E-state index contributed by atoms with van der Waals surface area (Å²) < 4.78 is 5.35. The first kappa shape index (κ1) is 17.6. The van der Waals surface area contributed by atoms with E-state index in [1.807, 2.05) is 6.07 Å². The molecule has 0 saturated heterocycles. The molecule has 4 heteroatoms. The predicted octanol–water partition coefficient (Wildman–Crippen LogP) is 3.84. The second-order valence-corrected chi connectivity index (χ2v) is 6.97. The summed E-state index contributed by atoms with van der Waals surface area (Å²) in [5, 5.41) is 13.5. The molecule has 1 aliphatic rings. The molecule has 22 heavy (non-hydrogen) atoms. The number of ether oxygens (including phenoxy) is 1. The van der Waals surface area contributed by atoms with Gasteiger partial charge in [0.25, 0.3) is 0 Å². The van der Waals surface area contributed by atoms with E-state index in [-0.39, 0.29) is 6.10 Å². The molecule has 0 spiro atoms. The third-order valence-electron chi connectivity index (χ3n) is 4.57. The van der Waals surface area contributed by atoms with E-state index in [2.05, 4.69) is 23.7 Å². The van der Waals surface area contributed by atoms with Gasteiger partial charge in [-0.15, -0.1) is 11.8 Å². The highest BCUT2D eigenvalue weighted by Gasteiger charge is 2.21. The average Bonchev–Trinajstić information content (AvgIpc) is 2.56. The van der Waals surface area contributed by atoms with Crippen LogP contribution in [0.3, 0.4) is 0 Å². The van der Waals surface area contributed by atoms with Crippen LogP contribution in [-0.4, -0.2) is 31.1 Å². The topological polar surface area (TPSA) is 41.5 Å².